The SMILES string of the molecule is Cc1cc(C)c(C=O)c(CC(=O)C(C)(C)CC(=O)C23CC4CC(CC(C4)C2)C3)c1. The van der Waals surface area contributed by atoms with Crippen LogP contribution >= 0.6 is 0 Å². The summed E-state index contributed by atoms with van der Waals surface area (Å²) >= 11 is 0. The highest BCUT2D eigenvalue weighted by Gasteiger charge is 2.55. The Balaban J connectivity index is 1.50. The zero-order valence-electron chi connectivity index (χ0n) is 18.3. The Morgan fingerprint density at radius 1 is 1.03 bits per heavy atom. The Bertz CT molecular complexity index is 826. The number of benzene rings is 1. The van der Waals surface area contributed by atoms with Crippen LogP contribution in [-0.2, 0) is 16.0 Å². The van der Waals surface area contributed by atoms with Crippen LogP contribution in [0, 0.1) is 42.4 Å². The number of hydrogen-bond acceptors (Lipinski definition) is 3. The number of aryl methyl sites for hydroxylation is 2. The second-order valence-corrected chi connectivity index (χ2v) is 11.1. The van der Waals surface area contributed by atoms with E-state index in [2.05, 4.69) is 0 Å². The Morgan fingerprint density at radius 3 is 2.10 bits per heavy atom. The molecule has 0 spiro atoms. The van der Waals surface area contributed by atoms with Gasteiger partial charge in [-0.05, 0) is 81.3 Å². The molecule has 1 aromatic rings. The van der Waals surface area contributed by atoms with Crippen molar-refractivity contribution in [1.82, 2.24) is 0 Å². The Hall–Kier alpha value is -1.77. The molecule has 3 nitrogen and oxygen atoms in total. The van der Waals surface area contributed by atoms with E-state index in [1.165, 1.54) is 19.3 Å². The molecule has 4 saturated carbocycles. The molecule has 1 aromatic carbocycles. The van der Waals surface area contributed by atoms with Gasteiger partial charge in [-0.15, -0.1) is 0 Å². The molecule has 4 aliphatic rings. The van der Waals surface area contributed by atoms with Crippen LogP contribution in [0.5, 0.6) is 0 Å². The van der Waals surface area contributed by atoms with Crippen molar-refractivity contribution >= 4 is 17.9 Å². The van der Waals surface area contributed by atoms with E-state index in [-0.39, 0.29) is 17.6 Å². The van der Waals surface area contributed by atoms with Crippen LogP contribution in [0.1, 0.15) is 85.8 Å². The molecule has 156 valence electrons. The minimum atomic E-state index is -0.696. The first-order chi connectivity index (χ1) is 13.6. The lowest BCUT2D eigenvalue weighted by Crippen LogP contribution is -2.51. The van der Waals surface area contributed by atoms with E-state index in [4.69, 9.17) is 0 Å². The maximum atomic E-state index is 13.5. The van der Waals surface area contributed by atoms with Gasteiger partial charge >= 0.3 is 0 Å². The fraction of sp³-hybridized carbons (Fsp3) is 0.654. The van der Waals surface area contributed by atoms with Gasteiger partial charge in [0.15, 0.2) is 6.29 Å². The van der Waals surface area contributed by atoms with Gasteiger partial charge in [-0.1, -0.05) is 31.5 Å². The number of aldehydes is 1. The molecule has 0 amide bonds. The maximum absolute atomic E-state index is 13.5. The number of carbonyl (C=O) groups excluding carboxylic acids is 3. The van der Waals surface area contributed by atoms with Crippen LogP contribution in [0.25, 0.3) is 0 Å². The minimum absolute atomic E-state index is 0.0590. The number of rotatable bonds is 7. The zero-order chi connectivity index (χ0) is 21.0. The lowest BCUT2D eigenvalue weighted by atomic mass is 9.48. The van der Waals surface area contributed by atoms with Gasteiger partial charge in [-0.25, -0.2) is 0 Å². The third kappa shape index (κ3) is 3.73. The number of hydrogen-bond donors (Lipinski definition) is 0. The van der Waals surface area contributed by atoms with Crippen molar-refractivity contribution in [3.05, 3.63) is 34.4 Å². The van der Waals surface area contributed by atoms with Gasteiger partial charge in [0.05, 0.1) is 0 Å². The molecule has 0 unspecified atom stereocenters. The smallest absolute Gasteiger partial charge is 0.150 e. The Morgan fingerprint density at radius 2 is 1.59 bits per heavy atom. The molecule has 4 fully saturated rings. The van der Waals surface area contributed by atoms with Gasteiger partial charge in [-0.3, -0.25) is 14.4 Å². The van der Waals surface area contributed by atoms with Crippen LogP contribution in [0.2, 0.25) is 0 Å². The van der Waals surface area contributed by atoms with Gasteiger partial charge < -0.3 is 0 Å². The van der Waals surface area contributed by atoms with Gasteiger partial charge in [0.2, 0.25) is 0 Å². The van der Waals surface area contributed by atoms with Gasteiger partial charge in [0.1, 0.15) is 11.6 Å². The second-order valence-electron chi connectivity index (χ2n) is 11.1. The standard InChI is InChI=1S/C26H34O3/c1-16-5-17(2)22(15-27)21(6-16)10-23(28)25(3,4)14-24(29)26-11-18-7-19(12-26)9-20(8-18)13-26/h5-6,15,18-20H,7-14H2,1-4H3. The lowest BCUT2D eigenvalue weighted by molar-refractivity contribution is -0.148. The monoisotopic (exact) mass is 394 g/mol. The average Bonchev–Trinajstić information content (AvgIpc) is 2.59. The second kappa shape index (κ2) is 7.18. The molecular formula is C26H34O3. The first-order valence-corrected chi connectivity index (χ1v) is 11.2. The van der Waals surface area contributed by atoms with Crippen molar-refractivity contribution in [3.63, 3.8) is 0 Å². The van der Waals surface area contributed by atoms with Crippen LogP contribution in [-0.4, -0.2) is 17.9 Å². The quantitative estimate of drug-likeness (QED) is 0.580. The Labute approximate surface area is 174 Å². The predicted octanol–water partition coefficient (Wildman–Crippen LogP) is 5.43. The average molecular weight is 395 g/mol. The van der Waals surface area contributed by atoms with Crippen molar-refractivity contribution in [2.45, 2.75) is 79.1 Å². The molecule has 0 aliphatic heterocycles. The van der Waals surface area contributed by atoms with E-state index < -0.39 is 5.41 Å². The minimum Gasteiger partial charge on any atom is -0.299 e. The highest BCUT2D eigenvalue weighted by Crippen LogP contribution is 2.61. The molecule has 0 aromatic heterocycles. The first kappa shape index (κ1) is 20.5. The predicted molar refractivity (Wildman–Crippen MR) is 114 cm³/mol. The normalized spacial score (nSPS) is 30.4. The zero-order valence-corrected chi connectivity index (χ0v) is 18.3. The fourth-order valence-electron chi connectivity index (χ4n) is 6.93. The molecule has 0 radical (unpaired) electrons. The third-order valence-corrected chi connectivity index (χ3v) is 8.07. The highest BCUT2D eigenvalue weighted by molar-refractivity contribution is 5.95. The van der Waals surface area contributed by atoms with Crippen molar-refractivity contribution < 1.29 is 14.4 Å². The van der Waals surface area contributed by atoms with Gasteiger partial charge in [0.25, 0.3) is 0 Å². The molecule has 0 N–H and O–H groups in total. The summed E-state index contributed by atoms with van der Waals surface area (Å²) in [6, 6.07) is 3.91. The first-order valence-electron chi connectivity index (χ1n) is 11.2. The Kier molecular flexibility index (Phi) is 5.07. The number of Topliss-reactive ketones (excluding diaryl/α,β-unsaturated/α-hetero) is 2. The fourth-order valence-corrected chi connectivity index (χ4v) is 6.93. The summed E-state index contributed by atoms with van der Waals surface area (Å²) in [5.41, 5.74) is 2.52. The number of carbonyl (C=O) groups is 3. The summed E-state index contributed by atoms with van der Waals surface area (Å²) in [4.78, 5) is 38.3. The topological polar surface area (TPSA) is 51.2 Å². The van der Waals surface area contributed by atoms with Crippen molar-refractivity contribution in [3.8, 4) is 0 Å². The molecule has 4 bridgehead atoms. The van der Waals surface area contributed by atoms with Gasteiger partial charge in [0, 0.05) is 29.2 Å². The summed E-state index contributed by atoms with van der Waals surface area (Å²) in [5.74, 6) is 2.58. The number of ketones is 2. The van der Waals surface area contributed by atoms with Crippen molar-refractivity contribution in [2.24, 2.45) is 28.6 Å². The van der Waals surface area contributed by atoms with Crippen LogP contribution < -0.4 is 0 Å². The van der Waals surface area contributed by atoms with Crippen LogP contribution in [0.15, 0.2) is 12.1 Å². The van der Waals surface area contributed by atoms with E-state index >= 15 is 0 Å². The molecule has 4 aliphatic carbocycles. The summed E-state index contributed by atoms with van der Waals surface area (Å²) in [5, 5.41) is 0. The lowest BCUT2D eigenvalue weighted by Gasteiger charge is -2.56. The van der Waals surface area contributed by atoms with E-state index in [0.29, 0.717) is 17.8 Å². The van der Waals surface area contributed by atoms with Crippen molar-refractivity contribution in [2.75, 3.05) is 0 Å². The van der Waals surface area contributed by atoms with E-state index in [9.17, 15) is 14.4 Å². The largest absolute Gasteiger partial charge is 0.299 e. The molecule has 0 saturated heterocycles. The third-order valence-electron chi connectivity index (χ3n) is 8.07. The summed E-state index contributed by atoms with van der Waals surface area (Å²) < 4.78 is 0. The molecule has 0 heterocycles. The summed E-state index contributed by atoms with van der Waals surface area (Å²) in [6.45, 7) is 7.72. The van der Waals surface area contributed by atoms with Crippen molar-refractivity contribution in [1.29, 1.82) is 0 Å². The van der Waals surface area contributed by atoms with E-state index in [1.54, 1.807) is 0 Å². The highest BCUT2D eigenvalue weighted by atomic mass is 16.1. The molecule has 5 rings (SSSR count). The molecular weight excluding hydrogens is 360 g/mol. The summed E-state index contributed by atoms with van der Waals surface area (Å²) in [7, 11) is 0. The maximum Gasteiger partial charge on any atom is 0.150 e. The van der Waals surface area contributed by atoms with Crippen LogP contribution in [0.3, 0.4) is 0 Å². The molecule has 3 heteroatoms. The molecule has 29 heavy (non-hydrogen) atoms. The van der Waals surface area contributed by atoms with Crippen LogP contribution in [0.4, 0.5) is 0 Å². The van der Waals surface area contributed by atoms with Gasteiger partial charge in [-0.2, -0.15) is 0 Å². The summed E-state index contributed by atoms with van der Waals surface area (Å²) in [6.07, 6.45) is 8.50. The van der Waals surface area contributed by atoms with E-state index in [0.717, 1.165) is 60.0 Å². The van der Waals surface area contributed by atoms with E-state index in [1.807, 2.05) is 39.8 Å². The molecule has 0 atom stereocenters.